The molecule has 118 valence electrons. The Hall–Kier alpha value is -3.00. The van der Waals surface area contributed by atoms with Crippen LogP contribution in [0.15, 0.2) is 35.3 Å². The number of nitrogens with zero attached hydrogens (tertiary/aromatic N) is 3. The lowest BCUT2D eigenvalue weighted by Crippen LogP contribution is -2.43. The summed E-state index contributed by atoms with van der Waals surface area (Å²) in [6, 6.07) is 6.53. The van der Waals surface area contributed by atoms with E-state index in [1.54, 1.807) is 24.4 Å². The van der Waals surface area contributed by atoms with E-state index in [1.165, 1.54) is 22.1 Å². The fraction of sp³-hybridized carbons (Fsp3) is 0.200. The third kappa shape index (κ3) is 2.29. The van der Waals surface area contributed by atoms with Crippen LogP contribution in [0.2, 0.25) is 0 Å². The molecule has 23 heavy (non-hydrogen) atoms. The van der Waals surface area contributed by atoms with Crippen molar-refractivity contribution >= 4 is 28.5 Å². The average Bonchev–Trinajstić information content (AvgIpc) is 2.57. The monoisotopic (exact) mass is 315 g/mol. The molecule has 0 saturated heterocycles. The van der Waals surface area contributed by atoms with Crippen LogP contribution in [-0.4, -0.2) is 34.2 Å². The first-order chi connectivity index (χ1) is 11.1. The van der Waals surface area contributed by atoms with Gasteiger partial charge in [0.1, 0.15) is 10.9 Å². The Bertz CT molecular complexity index is 981. The maximum Gasteiger partial charge on any atom is 0.344 e. The minimum absolute atomic E-state index is 0.0585. The van der Waals surface area contributed by atoms with Gasteiger partial charge < -0.3 is 15.6 Å². The molecule has 3 rings (SSSR count). The lowest BCUT2D eigenvalue weighted by atomic mass is 10.2. The van der Waals surface area contributed by atoms with Gasteiger partial charge in [-0.2, -0.15) is 0 Å². The fourth-order valence-electron chi connectivity index (χ4n) is 2.50. The zero-order valence-corrected chi connectivity index (χ0v) is 12.4. The van der Waals surface area contributed by atoms with E-state index < -0.39 is 5.97 Å². The molecular weight excluding hydrogens is 300 g/mol. The third-order valence-corrected chi connectivity index (χ3v) is 3.59. The number of anilines is 1. The number of aliphatic hydroxyl groups excluding tert-OH is 1. The number of aromatic nitrogens is 3. The van der Waals surface area contributed by atoms with Crippen molar-refractivity contribution in [1.29, 1.82) is 0 Å². The first kappa shape index (κ1) is 14.9. The smallest absolute Gasteiger partial charge is 0.344 e. The predicted octanol–water partition coefficient (Wildman–Crippen LogP) is -0.504. The zero-order valence-electron chi connectivity index (χ0n) is 12.4. The van der Waals surface area contributed by atoms with Crippen molar-refractivity contribution in [2.24, 2.45) is 0 Å². The molecule has 0 amide bonds. The van der Waals surface area contributed by atoms with Gasteiger partial charge in [-0.15, -0.1) is 0 Å². The molecule has 3 aromatic heterocycles. The van der Waals surface area contributed by atoms with Crippen LogP contribution in [0, 0.1) is 0 Å². The van der Waals surface area contributed by atoms with E-state index in [2.05, 4.69) is 4.98 Å². The molecule has 0 saturated carbocycles. The summed E-state index contributed by atoms with van der Waals surface area (Å²) < 4.78 is 7.52. The topological polar surface area (TPSA) is 111 Å². The van der Waals surface area contributed by atoms with Gasteiger partial charge in [-0.05, 0) is 18.2 Å². The number of rotatable bonds is 3. The number of methoxy groups -OCH3 is 1. The molecule has 3 heterocycles. The number of aliphatic hydroxyl groups is 1. The van der Waals surface area contributed by atoms with Crippen LogP contribution in [-0.2, 0) is 11.3 Å². The third-order valence-electron chi connectivity index (χ3n) is 3.59. The quantitative estimate of drug-likeness (QED) is 0.383. The largest absolute Gasteiger partial charge is 0.465 e. The number of carbonyl (C=O) groups excluding carboxylic acids is 1. The summed E-state index contributed by atoms with van der Waals surface area (Å²) in [5.74, 6) is -0.570. The van der Waals surface area contributed by atoms with E-state index in [0.717, 1.165) is 0 Å². The highest BCUT2D eigenvalue weighted by Gasteiger charge is 2.24. The standard InChI is InChI=1S/C15H14N4O4/c1-23-15(22)9-8-10-13(19(6-7-20)12(9)16)17-11-4-2-3-5-18(11)14(10)21/h2-5,8,16,20H,6-7H2,1H3/p+1. The number of ether oxygens (including phenoxy) is 1. The summed E-state index contributed by atoms with van der Waals surface area (Å²) >= 11 is 0. The number of nitrogens with two attached hydrogens (primary N) is 1. The van der Waals surface area contributed by atoms with Crippen LogP contribution in [0.5, 0.6) is 0 Å². The van der Waals surface area contributed by atoms with Crippen LogP contribution in [0.3, 0.4) is 0 Å². The van der Waals surface area contributed by atoms with E-state index in [9.17, 15) is 14.7 Å². The van der Waals surface area contributed by atoms with Crippen molar-refractivity contribution in [2.75, 3.05) is 19.5 Å². The van der Waals surface area contributed by atoms with Gasteiger partial charge in [-0.25, -0.2) is 9.36 Å². The number of fused-ring (bicyclic) bond motifs is 2. The van der Waals surface area contributed by atoms with Crippen LogP contribution in [0.4, 0.5) is 5.82 Å². The highest BCUT2D eigenvalue weighted by Crippen LogP contribution is 2.15. The molecule has 0 bridgehead atoms. The van der Waals surface area contributed by atoms with Gasteiger partial charge in [0.2, 0.25) is 11.5 Å². The molecule has 8 heteroatoms. The Morgan fingerprint density at radius 3 is 2.96 bits per heavy atom. The molecule has 0 aliphatic heterocycles. The summed E-state index contributed by atoms with van der Waals surface area (Å²) in [6.07, 6.45) is 1.59. The van der Waals surface area contributed by atoms with Gasteiger partial charge >= 0.3 is 5.97 Å². The minimum atomic E-state index is -0.659. The molecule has 8 nitrogen and oxygen atoms in total. The number of hydrogen-bond acceptors (Lipinski definition) is 6. The van der Waals surface area contributed by atoms with E-state index in [1.807, 2.05) is 0 Å². The van der Waals surface area contributed by atoms with Gasteiger partial charge in [0.15, 0.2) is 0 Å². The summed E-state index contributed by atoms with van der Waals surface area (Å²) in [6.45, 7) is -0.118. The summed E-state index contributed by atoms with van der Waals surface area (Å²) in [7, 11) is 1.23. The van der Waals surface area contributed by atoms with Crippen LogP contribution >= 0.6 is 0 Å². The van der Waals surface area contributed by atoms with Crippen molar-refractivity contribution < 1.29 is 19.2 Å². The van der Waals surface area contributed by atoms with Crippen molar-refractivity contribution in [2.45, 2.75) is 6.54 Å². The molecule has 0 unspecified atom stereocenters. The molecule has 3 N–H and O–H groups in total. The maximum atomic E-state index is 12.7. The zero-order chi connectivity index (χ0) is 16.6. The molecular formula is C15H15N4O4+. The number of pyridine rings is 2. The van der Waals surface area contributed by atoms with E-state index >= 15 is 0 Å². The van der Waals surface area contributed by atoms with E-state index in [-0.39, 0.29) is 35.5 Å². The summed E-state index contributed by atoms with van der Waals surface area (Å²) in [5, 5.41) is 9.49. The Morgan fingerprint density at radius 2 is 2.26 bits per heavy atom. The lowest BCUT2D eigenvalue weighted by molar-refractivity contribution is -0.660. The van der Waals surface area contributed by atoms with Gasteiger partial charge in [-0.1, -0.05) is 11.1 Å². The molecule has 0 atom stereocenters. The van der Waals surface area contributed by atoms with Crippen molar-refractivity contribution in [3.8, 4) is 0 Å². The molecule has 0 fully saturated rings. The maximum absolute atomic E-state index is 12.7. The van der Waals surface area contributed by atoms with Crippen molar-refractivity contribution in [3.05, 3.63) is 46.4 Å². The number of esters is 1. The minimum Gasteiger partial charge on any atom is -0.465 e. The van der Waals surface area contributed by atoms with Crippen molar-refractivity contribution in [3.63, 3.8) is 0 Å². The van der Waals surface area contributed by atoms with E-state index in [4.69, 9.17) is 10.5 Å². The highest BCUT2D eigenvalue weighted by molar-refractivity contribution is 5.96. The van der Waals surface area contributed by atoms with Gasteiger partial charge in [0.05, 0.1) is 20.3 Å². The van der Waals surface area contributed by atoms with E-state index in [0.29, 0.717) is 11.3 Å². The lowest BCUT2D eigenvalue weighted by Gasteiger charge is -2.10. The second-order valence-corrected chi connectivity index (χ2v) is 4.89. The Kier molecular flexibility index (Phi) is 3.67. The second-order valence-electron chi connectivity index (χ2n) is 4.89. The van der Waals surface area contributed by atoms with Crippen LogP contribution < -0.4 is 15.9 Å². The van der Waals surface area contributed by atoms with Gasteiger partial charge in [0.25, 0.3) is 11.2 Å². The SMILES string of the molecule is COC(=O)c1cc2c(=O)n3ccccc3nc2[n+](CCO)c1N. The fourth-order valence-corrected chi connectivity index (χ4v) is 2.50. The number of hydrogen-bond donors (Lipinski definition) is 2. The first-order valence-electron chi connectivity index (χ1n) is 6.91. The molecule has 0 radical (unpaired) electrons. The van der Waals surface area contributed by atoms with Crippen LogP contribution in [0.25, 0.3) is 16.7 Å². The number of nitrogen functional groups attached to an aromatic ring is 1. The molecule has 0 spiro atoms. The summed E-state index contributed by atoms with van der Waals surface area (Å²) in [4.78, 5) is 29.0. The van der Waals surface area contributed by atoms with Gasteiger partial charge in [-0.3, -0.25) is 9.20 Å². The Balaban J connectivity index is 2.50. The average molecular weight is 315 g/mol. The summed E-state index contributed by atoms with van der Waals surface area (Å²) in [5.41, 5.74) is 6.49. The molecule has 0 aliphatic rings. The van der Waals surface area contributed by atoms with Crippen LogP contribution in [0.1, 0.15) is 10.4 Å². The molecule has 3 aromatic rings. The van der Waals surface area contributed by atoms with Gasteiger partial charge in [0, 0.05) is 6.20 Å². The second kappa shape index (κ2) is 5.65. The predicted molar refractivity (Wildman–Crippen MR) is 82.0 cm³/mol. The normalized spacial score (nSPS) is 11.0. The van der Waals surface area contributed by atoms with Crippen molar-refractivity contribution in [1.82, 2.24) is 9.38 Å². The first-order valence-corrected chi connectivity index (χ1v) is 6.91. The molecule has 0 aromatic carbocycles. The number of carbonyl (C=O) groups is 1. The molecule has 0 aliphatic carbocycles. The Morgan fingerprint density at radius 1 is 1.48 bits per heavy atom. The Labute approximate surface area is 130 Å². The highest BCUT2D eigenvalue weighted by atomic mass is 16.5.